The van der Waals surface area contributed by atoms with Crippen LogP contribution in [0.2, 0.25) is 0 Å². The minimum Gasteiger partial charge on any atom is -0.364 e. The first kappa shape index (κ1) is 28.2. The molecule has 19 heteroatoms. The third-order valence-electron chi connectivity index (χ3n) is 3.24. The van der Waals surface area contributed by atoms with Gasteiger partial charge in [0.25, 0.3) is 0 Å². The molecule has 0 fully saturated rings. The molecule has 0 atom stereocenters. The van der Waals surface area contributed by atoms with Gasteiger partial charge in [0.15, 0.2) is 0 Å². The van der Waals surface area contributed by atoms with Crippen molar-refractivity contribution in [1.82, 2.24) is 10.6 Å². The van der Waals surface area contributed by atoms with Crippen molar-refractivity contribution >= 4 is 6.03 Å². The van der Waals surface area contributed by atoms with Gasteiger partial charge in [0, 0.05) is 7.11 Å². The number of nitrogens with one attached hydrogen (secondary N) is 2. The van der Waals surface area contributed by atoms with E-state index in [9.17, 15) is 70.7 Å². The van der Waals surface area contributed by atoms with Crippen LogP contribution in [0.1, 0.15) is 0 Å². The normalized spacial score (nSPS) is 15.2. The molecule has 2 amide bonds. The van der Waals surface area contributed by atoms with Crippen molar-refractivity contribution in [3.63, 3.8) is 0 Å². The van der Waals surface area contributed by atoms with Crippen LogP contribution in [0.3, 0.4) is 0 Å². The SMILES string of the molecule is COCNC(=O)NCC(F)(F)C(F)(F)C(F)(F)C(F)(F)C(F)(F)C(F)(F)C(F)(F)F. The number of ether oxygens (including phenoxy) is 1. The van der Waals surface area contributed by atoms with Crippen LogP contribution in [-0.2, 0) is 4.74 Å². The predicted molar refractivity (Wildman–Crippen MR) is 64.1 cm³/mol. The van der Waals surface area contributed by atoms with E-state index < -0.39 is 61.0 Å². The van der Waals surface area contributed by atoms with E-state index in [0.717, 1.165) is 12.4 Å². The maximum absolute atomic E-state index is 13.4. The molecule has 0 radical (unpaired) electrons. The lowest BCUT2D eigenvalue weighted by atomic mass is 9.91. The number of amides is 2. The maximum Gasteiger partial charge on any atom is 0.460 e. The largest absolute Gasteiger partial charge is 0.460 e. The number of carbonyl (C=O) groups is 1. The average Bonchev–Trinajstić information content (AvgIpc) is 2.56. The molecule has 2 N–H and O–H groups in total. The lowest BCUT2D eigenvalue weighted by molar-refractivity contribution is -0.451. The second-order valence-electron chi connectivity index (χ2n) is 5.37. The van der Waals surface area contributed by atoms with Crippen molar-refractivity contribution in [2.45, 2.75) is 41.7 Å². The fourth-order valence-corrected chi connectivity index (χ4v) is 1.50. The van der Waals surface area contributed by atoms with Crippen LogP contribution in [0.25, 0.3) is 0 Å². The van der Waals surface area contributed by atoms with Crippen LogP contribution in [-0.4, -0.2) is 68.1 Å². The highest BCUT2D eigenvalue weighted by Gasteiger charge is 2.93. The van der Waals surface area contributed by atoms with Gasteiger partial charge in [-0.2, -0.15) is 65.9 Å². The van der Waals surface area contributed by atoms with E-state index in [2.05, 4.69) is 4.74 Å². The Morgan fingerprint density at radius 1 is 0.633 bits per heavy atom. The average molecular weight is 486 g/mol. The van der Waals surface area contributed by atoms with Gasteiger partial charge in [-0.15, -0.1) is 0 Å². The first-order valence-electron chi connectivity index (χ1n) is 6.80. The number of rotatable bonds is 9. The molecule has 0 saturated heterocycles. The molecule has 30 heavy (non-hydrogen) atoms. The monoisotopic (exact) mass is 486 g/mol. The van der Waals surface area contributed by atoms with Gasteiger partial charge < -0.3 is 15.4 Å². The summed E-state index contributed by atoms with van der Waals surface area (Å²) >= 11 is 0. The van der Waals surface area contributed by atoms with Crippen molar-refractivity contribution in [2.75, 3.05) is 20.4 Å². The van der Waals surface area contributed by atoms with Crippen molar-refractivity contribution < 1.29 is 75.4 Å². The summed E-state index contributed by atoms with van der Waals surface area (Å²) in [4.78, 5) is 10.9. The summed E-state index contributed by atoms with van der Waals surface area (Å²) in [5.74, 6) is -47.1. The van der Waals surface area contributed by atoms with E-state index in [4.69, 9.17) is 0 Å². The Bertz CT molecular complexity index is 616. The summed E-state index contributed by atoms with van der Waals surface area (Å²) in [5.41, 5.74) is 0. The van der Waals surface area contributed by atoms with E-state index in [-0.39, 0.29) is 0 Å². The number of carbonyl (C=O) groups excluding carboxylic acids is 1. The minimum atomic E-state index is -8.36. The zero-order valence-electron chi connectivity index (χ0n) is 13.9. The summed E-state index contributed by atoms with van der Waals surface area (Å²) in [6.07, 6.45) is -7.66. The molecule has 0 saturated carbocycles. The molecule has 0 spiro atoms. The van der Waals surface area contributed by atoms with E-state index >= 15 is 0 Å². The third-order valence-corrected chi connectivity index (χ3v) is 3.24. The lowest BCUT2D eigenvalue weighted by Gasteiger charge is -2.41. The molecule has 0 aromatic rings. The van der Waals surface area contributed by atoms with Gasteiger partial charge in [0.05, 0.1) is 6.54 Å². The minimum absolute atomic E-state index is 0.727. The molecule has 0 unspecified atom stereocenters. The Labute approximate surface area is 155 Å². The van der Waals surface area contributed by atoms with Crippen molar-refractivity contribution in [3.8, 4) is 0 Å². The van der Waals surface area contributed by atoms with Crippen molar-refractivity contribution in [1.29, 1.82) is 0 Å². The topological polar surface area (TPSA) is 50.4 Å². The number of halogens is 15. The molecule has 0 aliphatic rings. The van der Waals surface area contributed by atoms with Crippen LogP contribution in [0, 0.1) is 0 Å². The van der Waals surface area contributed by atoms with Gasteiger partial charge in [-0.1, -0.05) is 0 Å². The molecule has 0 rings (SSSR count). The first-order chi connectivity index (χ1) is 13.0. The van der Waals surface area contributed by atoms with Gasteiger partial charge in [0.2, 0.25) is 0 Å². The van der Waals surface area contributed by atoms with Crippen LogP contribution < -0.4 is 10.6 Å². The van der Waals surface area contributed by atoms with Gasteiger partial charge in [-0.25, -0.2) is 4.79 Å². The Morgan fingerprint density at radius 2 is 1.00 bits per heavy atom. The highest BCUT2D eigenvalue weighted by atomic mass is 19.4. The van der Waals surface area contributed by atoms with Gasteiger partial charge in [-0.3, -0.25) is 0 Å². The number of urea groups is 1. The van der Waals surface area contributed by atoms with Gasteiger partial charge in [0.1, 0.15) is 6.73 Å². The molecule has 0 aliphatic heterocycles. The zero-order valence-corrected chi connectivity index (χ0v) is 13.9. The molecule has 4 nitrogen and oxygen atoms in total. The third kappa shape index (κ3) is 4.29. The summed E-state index contributed by atoms with van der Waals surface area (Å²) in [6, 6.07) is -1.85. The first-order valence-corrected chi connectivity index (χ1v) is 6.80. The smallest absolute Gasteiger partial charge is 0.364 e. The van der Waals surface area contributed by atoms with Crippen molar-refractivity contribution in [2.24, 2.45) is 0 Å². The number of alkyl halides is 15. The zero-order chi connectivity index (χ0) is 24.6. The number of hydrogen-bond acceptors (Lipinski definition) is 2. The molecule has 0 aromatic heterocycles. The molecule has 180 valence electrons. The van der Waals surface area contributed by atoms with Crippen LogP contribution in [0.15, 0.2) is 0 Å². The maximum atomic E-state index is 13.4. The standard InChI is InChI=1S/C11H9F15N2O2/c1-30-3-28-4(29)27-2-5(12,13)6(14,15)7(16,17)8(18,19)9(20,21)10(22,23)11(24,25)26/h2-3H2,1H3,(H2,27,28,29). The molecular formula is C11H9F15N2O2. The molecule has 0 heterocycles. The van der Waals surface area contributed by atoms with Crippen molar-refractivity contribution in [3.05, 3.63) is 0 Å². The highest BCUT2D eigenvalue weighted by Crippen LogP contribution is 2.62. The molecular weight excluding hydrogens is 477 g/mol. The van der Waals surface area contributed by atoms with E-state index in [1.54, 1.807) is 0 Å². The van der Waals surface area contributed by atoms with Crippen LogP contribution in [0.4, 0.5) is 70.7 Å². The van der Waals surface area contributed by atoms with Crippen LogP contribution in [0.5, 0.6) is 0 Å². The summed E-state index contributed by atoms with van der Waals surface area (Å²) in [5, 5.41) is 2.18. The number of methoxy groups -OCH3 is 1. The lowest BCUT2D eigenvalue weighted by Crippen LogP contribution is -2.73. The summed E-state index contributed by atoms with van der Waals surface area (Å²) < 4.78 is 197. The number of hydrogen-bond donors (Lipinski definition) is 2. The second kappa shape index (κ2) is 8.03. The fraction of sp³-hybridized carbons (Fsp3) is 0.909. The molecule has 0 aromatic carbocycles. The van der Waals surface area contributed by atoms with E-state index in [0.29, 0.717) is 0 Å². The Kier molecular flexibility index (Phi) is 7.54. The van der Waals surface area contributed by atoms with Gasteiger partial charge >= 0.3 is 47.7 Å². The highest BCUT2D eigenvalue weighted by molar-refractivity contribution is 5.73. The summed E-state index contributed by atoms with van der Waals surface area (Å²) in [6.45, 7) is -3.73. The van der Waals surface area contributed by atoms with Gasteiger partial charge in [-0.05, 0) is 0 Å². The Morgan fingerprint density at radius 3 is 1.37 bits per heavy atom. The van der Waals surface area contributed by atoms with E-state index in [1.165, 1.54) is 5.32 Å². The summed E-state index contributed by atoms with van der Waals surface area (Å²) in [7, 11) is 0.905. The molecule has 0 bridgehead atoms. The molecule has 0 aliphatic carbocycles. The quantitative estimate of drug-likeness (QED) is 0.378. The predicted octanol–water partition coefficient (Wildman–Crippen LogP) is 4.26. The van der Waals surface area contributed by atoms with Crippen LogP contribution >= 0.6 is 0 Å². The fourth-order valence-electron chi connectivity index (χ4n) is 1.50. The Balaban J connectivity index is 6.08. The van der Waals surface area contributed by atoms with E-state index in [1.807, 2.05) is 0 Å². The second-order valence-corrected chi connectivity index (χ2v) is 5.37. The Hall–Kier alpha value is -1.82.